The van der Waals surface area contributed by atoms with Crippen molar-refractivity contribution >= 4 is 11.5 Å². The first-order valence-corrected chi connectivity index (χ1v) is 7.41. The minimum atomic E-state index is -1.39. The molecule has 0 radical (unpaired) electrons. The highest BCUT2D eigenvalue weighted by Gasteiger charge is 2.33. The number of hydrogen-bond donors (Lipinski definition) is 2. The van der Waals surface area contributed by atoms with Gasteiger partial charge in [-0.05, 0) is 59.7 Å². The largest absolute Gasteiger partial charge is 0.508 e. The number of aliphatic hydroxyl groups excluding tert-OH is 1. The monoisotopic (exact) mass is 310 g/mol. The topological polar surface area (TPSA) is 66.8 Å². The number of cyclic esters (lactones) is 1. The van der Waals surface area contributed by atoms with E-state index in [0.29, 0.717) is 29.6 Å². The molecule has 23 heavy (non-hydrogen) atoms. The van der Waals surface area contributed by atoms with Crippen LogP contribution in [0.4, 0.5) is 0 Å². The van der Waals surface area contributed by atoms with Gasteiger partial charge in [0.15, 0.2) is 0 Å². The van der Waals surface area contributed by atoms with E-state index in [1.54, 1.807) is 25.1 Å². The molecule has 4 heteroatoms. The third-order valence-electron chi connectivity index (χ3n) is 4.39. The number of hydrogen-bond acceptors (Lipinski definition) is 4. The number of phenolic OH excluding ortho intramolecular Hbond substituents is 1. The molecule has 3 rings (SSSR count). The minimum absolute atomic E-state index is 0.194. The highest BCUT2D eigenvalue weighted by molar-refractivity contribution is 5.99. The van der Waals surface area contributed by atoms with E-state index in [4.69, 9.17) is 4.74 Å². The third kappa shape index (κ3) is 2.41. The number of aromatic hydroxyl groups is 1. The zero-order valence-electron chi connectivity index (χ0n) is 12.9. The summed E-state index contributed by atoms with van der Waals surface area (Å²) >= 11 is 0. The molecule has 0 saturated heterocycles. The summed E-state index contributed by atoms with van der Waals surface area (Å²) in [6.45, 7) is 9.33. The lowest BCUT2D eigenvalue weighted by atomic mass is 9.78. The quantitative estimate of drug-likeness (QED) is 0.651. The molecule has 1 aliphatic carbocycles. The number of aryl methyl sites for hydroxylation is 1. The first-order valence-electron chi connectivity index (χ1n) is 7.41. The van der Waals surface area contributed by atoms with Crippen LogP contribution >= 0.6 is 0 Å². The van der Waals surface area contributed by atoms with E-state index in [0.717, 1.165) is 22.3 Å². The van der Waals surface area contributed by atoms with Gasteiger partial charge in [0, 0.05) is 11.1 Å². The van der Waals surface area contributed by atoms with Gasteiger partial charge in [-0.3, -0.25) is 0 Å². The van der Waals surface area contributed by atoms with E-state index in [-0.39, 0.29) is 5.75 Å². The van der Waals surface area contributed by atoms with Crippen LogP contribution in [-0.2, 0) is 16.0 Å². The molecule has 0 saturated carbocycles. The average Bonchev–Trinajstić information content (AvgIpc) is 2.62. The van der Waals surface area contributed by atoms with Gasteiger partial charge in [0.2, 0.25) is 6.29 Å². The van der Waals surface area contributed by atoms with Crippen LogP contribution in [-0.4, -0.2) is 22.5 Å². The van der Waals surface area contributed by atoms with Crippen molar-refractivity contribution in [1.29, 1.82) is 0 Å². The number of benzene rings is 1. The summed E-state index contributed by atoms with van der Waals surface area (Å²) in [4.78, 5) is 12.1. The molecule has 1 atom stereocenters. The summed E-state index contributed by atoms with van der Waals surface area (Å²) < 4.78 is 5.13. The maximum Gasteiger partial charge on any atom is 0.336 e. The molecule has 0 aromatic heterocycles. The van der Waals surface area contributed by atoms with Gasteiger partial charge in [0.25, 0.3) is 0 Å². The molecular formula is C19H18O4. The number of aliphatic hydroxyl groups is 1. The predicted octanol–water partition coefficient (Wildman–Crippen LogP) is 3.03. The van der Waals surface area contributed by atoms with E-state index in [9.17, 15) is 15.0 Å². The molecule has 1 aromatic rings. The molecule has 0 bridgehead atoms. The van der Waals surface area contributed by atoms with E-state index >= 15 is 0 Å². The fourth-order valence-corrected chi connectivity index (χ4v) is 3.19. The fraction of sp³-hybridized carbons (Fsp3) is 0.211. The summed E-state index contributed by atoms with van der Waals surface area (Å²) in [5, 5.41) is 20.1. The van der Waals surface area contributed by atoms with Crippen LogP contribution in [0, 0.1) is 0 Å². The second-order valence-electron chi connectivity index (χ2n) is 5.72. The normalized spacial score (nSPS) is 20.4. The van der Waals surface area contributed by atoms with E-state index < -0.39 is 12.3 Å². The van der Waals surface area contributed by atoms with E-state index in [2.05, 4.69) is 13.2 Å². The lowest BCUT2D eigenvalue weighted by molar-refractivity contribution is -0.156. The van der Waals surface area contributed by atoms with Gasteiger partial charge in [-0.15, -0.1) is 0 Å². The number of carbonyl (C=O) groups excluding carboxylic acids is 1. The number of allylic oxidation sites excluding steroid dienone is 3. The Labute approximate surface area is 134 Å². The van der Waals surface area contributed by atoms with Gasteiger partial charge in [-0.25, -0.2) is 4.79 Å². The number of esters is 1. The minimum Gasteiger partial charge on any atom is -0.508 e. The smallest absolute Gasteiger partial charge is 0.336 e. The first kappa shape index (κ1) is 15.3. The summed E-state index contributed by atoms with van der Waals surface area (Å²) in [7, 11) is 0. The zero-order chi connectivity index (χ0) is 16.7. The zero-order valence-corrected chi connectivity index (χ0v) is 12.9. The van der Waals surface area contributed by atoms with Gasteiger partial charge in [-0.2, -0.15) is 0 Å². The summed E-state index contributed by atoms with van der Waals surface area (Å²) in [5.41, 5.74) is 4.89. The van der Waals surface area contributed by atoms with Crippen LogP contribution < -0.4 is 0 Å². The SMILES string of the molecule is C=CC(=C)C1=C2C(=C(C)C(=O)OC1O)CCc1cc(O)ccc12. The fourth-order valence-electron chi connectivity index (χ4n) is 3.19. The highest BCUT2D eigenvalue weighted by atomic mass is 16.6. The summed E-state index contributed by atoms with van der Waals surface area (Å²) in [5.74, 6) is -0.335. The highest BCUT2D eigenvalue weighted by Crippen LogP contribution is 2.44. The molecule has 1 aliphatic heterocycles. The molecule has 2 N–H and O–H groups in total. The van der Waals surface area contributed by atoms with E-state index in [1.165, 1.54) is 6.08 Å². The lowest BCUT2D eigenvalue weighted by Crippen LogP contribution is -2.20. The second-order valence-corrected chi connectivity index (χ2v) is 5.72. The Bertz CT molecular complexity index is 796. The van der Waals surface area contributed by atoms with Crippen molar-refractivity contribution in [2.24, 2.45) is 0 Å². The molecule has 4 nitrogen and oxygen atoms in total. The Morgan fingerprint density at radius 2 is 2.13 bits per heavy atom. The molecule has 1 heterocycles. The van der Waals surface area contributed by atoms with Crippen molar-refractivity contribution in [3.05, 3.63) is 70.9 Å². The molecule has 1 unspecified atom stereocenters. The predicted molar refractivity (Wildman–Crippen MR) is 87.5 cm³/mol. The van der Waals surface area contributed by atoms with Gasteiger partial charge in [0.1, 0.15) is 5.75 Å². The van der Waals surface area contributed by atoms with Crippen LogP contribution in [0.25, 0.3) is 5.57 Å². The van der Waals surface area contributed by atoms with Gasteiger partial charge in [0.05, 0.1) is 0 Å². The van der Waals surface area contributed by atoms with Crippen LogP contribution in [0.3, 0.4) is 0 Å². The maximum atomic E-state index is 12.1. The van der Waals surface area contributed by atoms with Crippen molar-refractivity contribution < 1.29 is 19.7 Å². The van der Waals surface area contributed by atoms with Crippen LogP contribution in [0.15, 0.2) is 59.7 Å². The van der Waals surface area contributed by atoms with Crippen molar-refractivity contribution in [3.63, 3.8) is 0 Å². The van der Waals surface area contributed by atoms with Crippen molar-refractivity contribution in [3.8, 4) is 5.75 Å². The van der Waals surface area contributed by atoms with Crippen LogP contribution in [0.5, 0.6) is 5.75 Å². The first-order chi connectivity index (χ1) is 10.9. The van der Waals surface area contributed by atoms with Gasteiger partial charge in [-0.1, -0.05) is 25.3 Å². The van der Waals surface area contributed by atoms with Crippen LogP contribution in [0.1, 0.15) is 24.5 Å². The van der Waals surface area contributed by atoms with E-state index in [1.807, 2.05) is 0 Å². The Balaban J connectivity index is 2.38. The average molecular weight is 310 g/mol. The summed E-state index contributed by atoms with van der Waals surface area (Å²) in [6.07, 6.45) is 1.48. The molecule has 1 aromatic carbocycles. The Morgan fingerprint density at radius 3 is 2.83 bits per heavy atom. The Kier molecular flexibility index (Phi) is 3.70. The number of fused-ring (bicyclic) bond motifs is 3. The van der Waals surface area contributed by atoms with Gasteiger partial charge >= 0.3 is 5.97 Å². The lowest BCUT2D eigenvalue weighted by Gasteiger charge is -2.26. The molecule has 0 spiro atoms. The summed E-state index contributed by atoms with van der Waals surface area (Å²) in [6, 6.07) is 5.10. The van der Waals surface area contributed by atoms with Crippen LogP contribution in [0.2, 0.25) is 0 Å². The standard InChI is InChI=1S/C19H18O4/c1-4-10(2)16-17-14(11(3)18(21)23-19(16)22)7-5-12-9-13(20)6-8-15(12)17/h4,6,8-9,19-20,22H,1-2,5,7H2,3H3. The number of carbonyl (C=O) groups is 1. The van der Waals surface area contributed by atoms with Crippen molar-refractivity contribution in [2.45, 2.75) is 26.1 Å². The molecule has 118 valence electrons. The number of phenols is 1. The molecule has 0 fully saturated rings. The van der Waals surface area contributed by atoms with Crippen molar-refractivity contribution in [1.82, 2.24) is 0 Å². The molecular weight excluding hydrogens is 292 g/mol. The van der Waals surface area contributed by atoms with Crippen molar-refractivity contribution in [2.75, 3.05) is 0 Å². The molecule has 0 amide bonds. The molecule has 2 aliphatic rings. The maximum absolute atomic E-state index is 12.1. The third-order valence-corrected chi connectivity index (χ3v) is 4.39. The Hall–Kier alpha value is -2.59. The van der Waals surface area contributed by atoms with Gasteiger partial charge < -0.3 is 14.9 Å². The number of ether oxygens (including phenoxy) is 1. The second kappa shape index (κ2) is 5.56. The Morgan fingerprint density at radius 1 is 1.39 bits per heavy atom. The number of rotatable bonds is 2.